The molecule has 2 aliphatic heterocycles. The third-order valence-electron chi connectivity index (χ3n) is 3.75. The summed E-state index contributed by atoms with van der Waals surface area (Å²) in [5.74, 6) is 0.495. The number of amides is 1. The van der Waals surface area contributed by atoms with Crippen molar-refractivity contribution in [1.29, 1.82) is 0 Å². The maximum absolute atomic E-state index is 11.1. The normalized spacial score (nSPS) is 34.8. The second-order valence-corrected chi connectivity index (χ2v) is 5.23. The van der Waals surface area contributed by atoms with Gasteiger partial charge in [0.15, 0.2) is 0 Å². The van der Waals surface area contributed by atoms with Gasteiger partial charge in [-0.2, -0.15) is 4.98 Å². The van der Waals surface area contributed by atoms with E-state index in [9.17, 15) is 4.79 Å². The monoisotopic (exact) mass is 267 g/mol. The van der Waals surface area contributed by atoms with Crippen LogP contribution in [0.3, 0.4) is 0 Å². The van der Waals surface area contributed by atoms with Crippen LogP contribution in [0.25, 0.3) is 0 Å². The third kappa shape index (κ3) is 2.23. The highest BCUT2D eigenvalue weighted by atomic mass is 16.5. The first-order valence-electron chi connectivity index (χ1n) is 6.51. The lowest BCUT2D eigenvalue weighted by Crippen LogP contribution is -2.27. The molecular weight excluding hydrogens is 250 g/mol. The SMILES string of the molecule is CC1(c2noc([C@@H]3CC[C@H](C(N)=O)O3)n2)CCCO1. The van der Waals surface area contributed by atoms with Crippen LogP contribution in [-0.4, -0.2) is 28.8 Å². The van der Waals surface area contributed by atoms with E-state index in [2.05, 4.69) is 10.1 Å². The van der Waals surface area contributed by atoms with E-state index in [4.69, 9.17) is 19.7 Å². The lowest BCUT2D eigenvalue weighted by atomic mass is 10.0. The lowest BCUT2D eigenvalue weighted by Gasteiger charge is -2.17. The van der Waals surface area contributed by atoms with E-state index < -0.39 is 17.6 Å². The Balaban J connectivity index is 1.73. The Bertz CT molecular complexity index is 481. The molecule has 7 heteroatoms. The summed E-state index contributed by atoms with van der Waals surface area (Å²) in [5.41, 5.74) is 4.74. The van der Waals surface area contributed by atoms with Gasteiger partial charge in [-0.25, -0.2) is 0 Å². The number of hydrogen-bond donors (Lipinski definition) is 1. The highest BCUT2D eigenvalue weighted by Crippen LogP contribution is 2.36. The Kier molecular flexibility index (Phi) is 3.02. The van der Waals surface area contributed by atoms with Gasteiger partial charge in [-0.05, 0) is 32.6 Å². The van der Waals surface area contributed by atoms with Crippen LogP contribution in [0, 0.1) is 0 Å². The smallest absolute Gasteiger partial charge is 0.255 e. The minimum atomic E-state index is -0.557. The number of hydrogen-bond acceptors (Lipinski definition) is 6. The first-order chi connectivity index (χ1) is 9.08. The Morgan fingerprint density at radius 2 is 2.32 bits per heavy atom. The quantitative estimate of drug-likeness (QED) is 0.869. The molecule has 0 spiro atoms. The maximum atomic E-state index is 11.1. The molecule has 2 fully saturated rings. The second kappa shape index (κ2) is 4.57. The molecule has 2 aliphatic rings. The molecular formula is C12H17N3O4. The van der Waals surface area contributed by atoms with Crippen molar-refractivity contribution in [3.8, 4) is 0 Å². The van der Waals surface area contributed by atoms with E-state index in [1.807, 2.05) is 6.92 Å². The molecule has 1 unspecified atom stereocenters. The highest BCUT2D eigenvalue weighted by Gasteiger charge is 2.39. The van der Waals surface area contributed by atoms with E-state index in [0.29, 0.717) is 31.2 Å². The van der Waals surface area contributed by atoms with Gasteiger partial charge in [0.2, 0.25) is 11.7 Å². The Hall–Kier alpha value is -1.47. The first kappa shape index (κ1) is 12.6. The Labute approximate surface area is 110 Å². The number of primary amides is 1. The second-order valence-electron chi connectivity index (χ2n) is 5.23. The van der Waals surface area contributed by atoms with Crippen molar-refractivity contribution in [2.75, 3.05) is 6.61 Å². The largest absolute Gasteiger partial charge is 0.367 e. The fourth-order valence-electron chi connectivity index (χ4n) is 2.56. The molecule has 2 saturated heterocycles. The number of carbonyl (C=O) groups is 1. The summed E-state index contributed by atoms with van der Waals surface area (Å²) in [4.78, 5) is 15.4. The Morgan fingerprint density at radius 1 is 1.47 bits per heavy atom. The molecule has 19 heavy (non-hydrogen) atoms. The molecule has 3 heterocycles. The molecule has 0 radical (unpaired) electrons. The van der Waals surface area contributed by atoms with Crippen molar-refractivity contribution in [1.82, 2.24) is 10.1 Å². The average molecular weight is 267 g/mol. The van der Waals surface area contributed by atoms with Gasteiger partial charge in [0.05, 0.1) is 0 Å². The molecule has 0 bridgehead atoms. The summed E-state index contributed by atoms with van der Waals surface area (Å²) < 4.78 is 16.4. The van der Waals surface area contributed by atoms with Crippen molar-refractivity contribution in [2.45, 2.75) is 50.4 Å². The van der Waals surface area contributed by atoms with Gasteiger partial charge in [0.1, 0.15) is 17.8 Å². The van der Waals surface area contributed by atoms with Crippen molar-refractivity contribution in [2.24, 2.45) is 5.73 Å². The number of rotatable bonds is 3. The summed E-state index contributed by atoms with van der Waals surface area (Å²) in [7, 11) is 0. The zero-order chi connectivity index (χ0) is 13.5. The summed E-state index contributed by atoms with van der Waals surface area (Å²) in [5, 5.41) is 3.98. The molecule has 0 saturated carbocycles. The van der Waals surface area contributed by atoms with E-state index in [1.165, 1.54) is 0 Å². The summed E-state index contributed by atoms with van der Waals surface area (Å²) in [6, 6.07) is 0. The van der Waals surface area contributed by atoms with Crippen LogP contribution in [0.4, 0.5) is 0 Å². The number of nitrogens with zero attached hydrogens (tertiary/aromatic N) is 2. The lowest BCUT2D eigenvalue weighted by molar-refractivity contribution is -0.129. The molecule has 3 rings (SSSR count). The molecule has 0 aromatic carbocycles. The number of aromatic nitrogens is 2. The topological polar surface area (TPSA) is 100 Å². The molecule has 104 valence electrons. The first-order valence-corrected chi connectivity index (χ1v) is 6.51. The van der Waals surface area contributed by atoms with Crippen LogP contribution < -0.4 is 5.73 Å². The molecule has 0 aliphatic carbocycles. The average Bonchev–Trinajstić information content (AvgIpc) is 3.08. The van der Waals surface area contributed by atoms with Gasteiger partial charge in [0, 0.05) is 6.61 Å². The van der Waals surface area contributed by atoms with E-state index in [-0.39, 0.29) is 6.10 Å². The fourth-order valence-corrected chi connectivity index (χ4v) is 2.56. The van der Waals surface area contributed by atoms with Crippen LogP contribution in [0.15, 0.2) is 4.52 Å². The van der Waals surface area contributed by atoms with Gasteiger partial charge in [-0.1, -0.05) is 5.16 Å². The van der Waals surface area contributed by atoms with Crippen molar-refractivity contribution in [3.63, 3.8) is 0 Å². The van der Waals surface area contributed by atoms with Crippen molar-refractivity contribution < 1.29 is 18.8 Å². The van der Waals surface area contributed by atoms with Gasteiger partial charge in [-0.15, -0.1) is 0 Å². The maximum Gasteiger partial charge on any atom is 0.255 e. The van der Waals surface area contributed by atoms with Crippen molar-refractivity contribution in [3.05, 3.63) is 11.7 Å². The van der Waals surface area contributed by atoms with Gasteiger partial charge >= 0.3 is 0 Å². The van der Waals surface area contributed by atoms with Crippen molar-refractivity contribution >= 4 is 5.91 Å². The number of nitrogens with two attached hydrogens (primary N) is 1. The molecule has 1 aromatic heterocycles. The number of carbonyl (C=O) groups excluding carboxylic acids is 1. The Morgan fingerprint density at radius 3 is 2.95 bits per heavy atom. The van der Waals surface area contributed by atoms with Crippen LogP contribution >= 0.6 is 0 Å². The summed E-state index contributed by atoms with van der Waals surface area (Å²) in [6.07, 6.45) is 2.21. The molecule has 1 aromatic rings. The van der Waals surface area contributed by atoms with E-state index in [1.54, 1.807) is 0 Å². The van der Waals surface area contributed by atoms with Crippen LogP contribution in [0.5, 0.6) is 0 Å². The van der Waals surface area contributed by atoms with E-state index >= 15 is 0 Å². The predicted molar refractivity (Wildman–Crippen MR) is 62.9 cm³/mol. The molecule has 2 N–H and O–H groups in total. The predicted octanol–water partition coefficient (Wildman–Crippen LogP) is 0.801. The fraction of sp³-hybridized carbons (Fsp3) is 0.750. The van der Waals surface area contributed by atoms with Crippen LogP contribution in [0.1, 0.15) is 50.4 Å². The number of ether oxygens (including phenoxy) is 2. The van der Waals surface area contributed by atoms with Gasteiger partial charge in [-0.3, -0.25) is 4.79 Å². The molecule has 3 atom stereocenters. The third-order valence-corrected chi connectivity index (χ3v) is 3.75. The van der Waals surface area contributed by atoms with Gasteiger partial charge < -0.3 is 19.7 Å². The molecule has 1 amide bonds. The van der Waals surface area contributed by atoms with E-state index in [0.717, 1.165) is 12.8 Å². The summed E-state index contributed by atoms with van der Waals surface area (Å²) in [6.45, 7) is 2.67. The minimum absolute atomic E-state index is 0.344. The van der Waals surface area contributed by atoms with Gasteiger partial charge in [0.25, 0.3) is 5.89 Å². The zero-order valence-electron chi connectivity index (χ0n) is 10.8. The zero-order valence-corrected chi connectivity index (χ0v) is 10.8. The minimum Gasteiger partial charge on any atom is -0.367 e. The van der Waals surface area contributed by atoms with Crippen LogP contribution in [-0.2, 0) is 19.9 Å². The highest BCUT2D eigenvalue weighted by molar-refractivity contribution is 5.79. The van der Waals surface area contributed by atoms with Crippen LogP contribution in [0.2, 0.25) is 0 Å². The molecule has 7 nitrogen and oxygen atoms in total. The summed E-state index contributed by atoms with van der Waals surface area (Å²) >= 11 is 0. The standard InChI is InChI=1S/C12H17N3O4/c1-12(5-2-6-17-12)11-14-10(19-15-11)8-4-3-7(18-8)9(13)16/h7-8H,2-6H2,1H3,(H2,13,16)/t7-,8+,12?/m1/s1.